The number of hydrogen-bond donors (Lipinski definition) is 1. The number of anilines is 1. The van der Waals surface area contributed by atoms with Crippen molar-refractivity contribution in [1.29, 1.82) is 5.26 Å². The van der Waals surface area contributed by atoms with Crippen molar-refractivity contribution in [1.82, 2.24) is 0 Å². The molecule has 0 spiro atoms. The molecule has 0 heterocycles. The predicted molar refractivity (Wildman–Crippen MR) is 64.0 cm³/mol. The Morgan fingerprint density at radius 3 is 2.94 bits per heavy atom. The van der Waals surface area contributed by atoms with Crippen LogP contribution in [0.25, 0.3) is 0 Å². The van der Waals surface area contributed by atoms with Gasteiger partial charge in [0, 0.05) is 16.7 Å². The summed E-state index contributed by atoms with van der Waals surface area (Å²) in [5.41, 5.74) is 1.44. The molecule has 0 bridgehead atoms. The minimum Gasteiger partial charge on any atom is -0.469 e. The van der Waals surface area contributed by atoms with Crippen molar-refractivity contribution in [3.8, 4) is 6.07 Å². The van der Waals surface area contributed by atoms with Gasteiger partial charge in [0.2, 0.25) is 0 Å². The highest BCUT2D eigenvalue weighted by atomic mass is 79.9. The SMILES string of the molecule is COC(=O)CCNc1ccc(C#N)c(Br)c1. The van der Waals surface area contributed by atoms with E-state index in [9.17, 15) is 4.79 Å². The maximum Gasteiger partial charge on any atom is 0.307 e. The minimum absolute atomic E-state index is 0.250. The summed E-state index contributed by atoms with van der Waals surface area (Å²) < 4.78 is 5.25. The lowest BCUT2D eigenvalue weighted by Gasteiger charge is -2.06. The van der Waals surface area contributed by atoms with E-state index < -0.39 is 0 Å². The van der Waals surface area contributed by atoms with Crippen LogP contribution in [0.15, 0.2) is 22.7 Å². The van der Waals surface area contributed by atoms with Crippen molar-refractivity contribution in [3.05, 3.63) is 28.2 Å². The molecule has 0 fully saturated rings. The van der Waals surface area contributed by atoms with E-state index >= 15 is 0 Å². The fourth-order valence-electron chi connectivity index (χ4n) is 1.13. The zero-order valence-electron chi connectivity index (χ0n) is 8.79. The molecule has 0 aromatic heterocycles. The second-order valence-electron chi connectivity index (χ2n) is 3.06. The molecule has 1 aromatic rings. The summed E-state index contributed by atoms with van der Waals surface area (Å²) in [6.45, 7) is 0.505. The number of nitrogens with one attached hydrogen (secondary N) is 1. The molecule has 0 saturated carbocycles. The van der Waals surface area contributed by atoms with Crippen molar-refractivity contribution < 1.29 is 9.53 Å². The maximum atomic E-state index is 10.9. The van der Waals surface area contributed by atoms with Gasteiger partial charge in [0.1, 0.15) is 6.07 Å². The van der Waals surface area contributed by atoms with Crippen molar-refractivity contribution in [3.63, 3.8) is 0 Å². The molecular formula is C11H11BrN2O2. The molecule has 0 unspecified atom stereocenters. The van der Waals surface area contributed by atoms with Gasteiger partial charge in [-0.05, 0) is 34.1 Å². The van der Waals surface area contributed by atoms with E-state index in [1.165, 1.54) is 7.11 Å². The second-order valence-corrected chi connectivity index (χ2v) is 3.91. The summed E-state index contributed by atoms with van der Waals surface area (Å²) in [6, 6.07) is 7.36. The van der Waals surface area contributed by atoms with Gasteiger partial charge in [0.05, 0.1) is 19.1 Å². The largest absolute Gasteiger partial charge is 0.469 e. The molecule has 84 valence electrons. The number of ether oxygens (including phenoxy) is 1. The Labute approximate surface area is 102 Å². The number of rotatable bonds is 4. The number of hydrogen-bond acceptors (Lipinski definition) is 4. The first-order valence-corrected chi connectivity index (χ1v) is 5.47. The van der Waals surface area contributed by atoms with E-state index in [0.29, 0.717) is 18.5 Å². The lowest BCUT2D eigenvalue weighted by atomic mass is 10.2. The Kier molecular flexibility index (Phi) is 4.80. The highest BCUT2D eigenvalue weighted by Crippen LogP contribution is 2.20. The zero-order chi connectivity index (χ0) is 12.0. The van der Waals surface area contributed by atoms with Gasteiger partial charge in [0.15, 0.2) is 0 Å². The summed E-state index contributed by atoms with van der Waals surface area (Å²) in [5.74, 6) is -0.250. The van der Waals surface area contributed by atoms with E-state index in [1.54, 1.807) is 18.2 Å². The van der Waals surface area contributed by atoms with Gasteiger partial charge >= 0.3 is 5.97 Å². The molecule has 0 radical (unpaired) electrons. The van der Waals surface area contributed by atoms with Crippen LogP contribution >= 0.6 is 15.9 Å². The Hall–Kier alpha value is -1.54. The molecule has 5 heteroatoms. The molecule has 1 aromatic carbocycles. The van der Waals surface area contributed by atoms with E-state index in [1.807, 2.05) is 0 Å². The van der Waals surface area contributed by atoms with Gasteiger partial charge in [-0.1, -0.05) is 0 Å². The molecule has 4 nitrogen and oxygen atoms in total. The molecule has 1 rings (SSSR count). The first-order chi connectivity index (χ1) is 7.67. The van der Waals surface area contributed by atoms with Crippen LogP contribution in [0.2, 0.25) is 0 Å². The fourth-order valence-corrected chi connectivity index (χ4v) is 1.59. The molecule has 0 amide bonds. The van der Waals surface area contributed by atoms with Gasteiger partial charge in [0.25, 0.3) is 0 Å². The van der Waals surface area contributed by atoms with Crippen LogP contribution in [0, 0.1) is 11.3 Å². The average Bonchev–Trinajstić information content (AvgIpc) is 2.29. The first-order valence-electron chi connectivity index (χ1n) is 4.67. The molecule has 0 aliphatic carbocycles. The number of benzene rings is 1. The molecule has 0 saturated heterocycles. The zero-order valence-corrected chi connectivity index (χ0v) is 10.4. The third-order valence-corrected chi connectivity index (χ3v) is 2.63. The molecular weight excluding hydrogens is 272 g/mol. The Balaban J connectivity index is 2.53. The quantitative estimate of drug-likeness (QED) is 0.861. The summed E-state index contributed by atoms with van der Waals surface area (Å²) >= 11 is 3.29. The summed E-state index contributed by atoms with van der Waals surface area (Å²) in [4.78, 5) is 10.9. The van der Waals surface area contributed by atoms with Crippen LogP contribution in [0.5, 0.6) is 0 Å². The number of nitriles is 1. The molecule has 0 aliphatic rings. The van der Waals surface area contributed by atoms with E-state index in [0.717, 1.165) is 10.2 Å². The lowest BCUT2D eigenvalue weighted by molar-refractivity contribution is -0.140. The van der Waals surface area contributed by atoms with Crippen LogP contribution < -0.4 is 5.32 Å². The van der Waals surface area contributed by atoms with Crippen molar-refractivity contribution >= 4 is 27.6 Å². The van der Waals surface area contributed by atoms with Crippen LogP contribution in [-0.4, -0.2) is 19.6 Å². The highest BCUT2D eigenvalue weighted by molar-refractivity contribution is 9.10. The molecule has 1 N–H and O–H groups in total. The number of methoxy groups -OCH3 is 1. The summed E-state index contributed by atoms with van der Waals surface area (Å²) in [6.07, 6.45) is 0.314. The Morgan fingerprint density at radius 1 is 1.62 bits per heavy atom. The lowest BCUT2D eigenvalue weighted by Crippen LogP contribution is -2.09. The fraction of sp³-hybridized carbons (Fsp3) is 0.273. The molecule has 0 aliphatic heterocycles. The van der Waals surface area contributed by atoms with Gasteiger partial charge < -0.3 is 10.1 Å². The van der Waals surface area contributed by atoms with Crippen LogP contribution in [0.4, 0.5) is 5.69 Å². The third-order valence-electron chi connectivity index (χ3n) is 1.98. The van der Waals surface area contributed by atoms with E-state index in [-0.39, 0.29) is 5.97 Å². The van der Waals surface area contributed by atoms with Crippen molar-refractivity contribution in [2.24, 2.45) is 0 Å². The highest BCUT2D eigenvalue weighted by Gasteiger charge is 2.02. The monoisotopic (exact) mass is 282 g/mol. The van der Waals surface area contributed by atoms with Gasteiger partial charge in [-0.2, -0.15) is 5.26 Å². The number of nitrogens with zero attached hydrogens (tertiary/aromatic N) is 1. The van der Waals surface area contributed by atoms with E-state index in [2.05, 4.69) is 32.1 Å². The van der Waals surface area contributed by atoms with Crippen LogP contribution in [0.3, 0.4) is 0 Å². The summed E-state index contributed by atoms with van der Waals surface area (Å²) in [5, 5.41) is 11.8. The normalized spacial score (nSPS) is 9.31. The third kappa shape index (κ3) is 3.55. The van der Waals surface area contributed by atoms with Crippen molar-refractivity contribution in [2.45, 2.75) is 6.42 Å². The first kappa shape index (κ1) is 12.5. The molecule has 0 atom stereocenters. The number of carbonyl (C=O) groups is 1. The van der Waals surface area contributed by atoms with E-state index in [4.69, 9.17) is 5.26 Å². The minimum atomic E-state index is -0.250. The van der Waals surface area contributed by atoms with Crippen molar-refractivity contribution in [2.75, 3.05) is 19.0 Å². The van der Waals surface area contributed by atoms with Gasteiger partial charge in [-0.25, -0.2) is 0 Å². The summed E-state index contributed by atoms with van der Waals surface area (Å²) in [7, 11) is 1.36. The number of carbonyl (C=O) groups excluding carboxylic acids is 1. The second kappa shape index (κ2) is 6.13. The smallest absolute Gasteiger partial charge is 0.307 e. The average molecular weight is 283 g/mol. The van der Waals surface area contributed by atoms with Gasteiger partial charge in [-0.3, -0.25) is 4.79 Å². The maximum absolute atomic E-state index is 10.9. The number of halogens is 1. The predicted octanol–water partition coefficient (Wildman–Crippen LogP) is 2.30. The topological polar surface area (TPSA) is 62.1 Å². The van der Waals surface area contributed by atoms with Crippen LogP contribution in [0.1, 0.15) is 12.0 Å². The Morgan fingerprint density at radius 2 is 2.38 bits per heavy atom. The standard InChI is InChI=1S/C11H11BrN2O2/c1-16-11(15)4-5-14-9-3-2-8(7-13)10(12)6-9/h2-3,6,14H,4-5H2,1H3. The van der Waals surface area contributed by atoms with Crippen LogP contribution in [-0.2, 0) is 9.53 Å². The molecule has 16 heavy (non-hydrogen) atoms. The number of esters is 1. The Bertz CT molecular complexity index is 426. The van der Waals surface area contributed by atoms with Gasteiger partial charge in [-0.15, -0.1) is 0 Å².